The molecule has 2 atom stereocenters. The Morgan fingerprint density at radius 1 is 0.920 bits per heavy atom. The topological polar surface area (TPSA) is 46.5 Å². The van der Waals surface area contributed by atoms with Crippen molar-refractivity contribution in [3.05, 3.63) is 96.1 Å². The van der Waals surface area contributed by atoms with Gasteiger partial charge >= 0.3 is 5.97 Å². The Labute approximate surface area is 147 Å². The summed E-state index contributed by atoms with van der Waals surface area (Å²) in [4.78, 5) is 12.1. The van der Waals surface area contributed by atoms with E-state index in [0.717, 1.165) is 21.9 Å². The summed E-state index contributed by atoms with van der Waals surface area (Å²) in [6, 6.07) is 23.1. The molecule has 0 radical (unpaired) electrons. The number of rotatable bonds is 5. The van der Waals surface area contributed by atoms with Gasteiger partial charge in [-0.3, -0.25) is 0 Å². The quantitative estimate of drug-likeness (QED) is 0.557. The average Bonchev–Trinajstić information content (AvgIpc) is 2.67. The number of ether oxygens (including phenoxy) is 1. The zero-order valence-electron chi connectivity index (χ0n) is 14.1. The number of carbonyl (C=O) groups excluding carboxylic acids is 1. The van der Waals surface area contributed by atoms with E-state index in [4.69, 9.17) is 4.74 Å². The summed E-state index contributed by atoms with van der Waals surface area (Å²) in [5.74, 6) is -1.10. The predicted octanol–water partition coefficient (Wildman–Crippen LogP) is 4.39. The summed E-state index contributed by atoms with van der Waals surface area (Å²) in [5.41, 5.74) is 1.78. The van der Waals surface area contributed by atoms with Crippen LogP contribution < -0.4 is 0 Å². The maximum atomic E-state index is 12.1. The molecule has 0 aromatic heterocycles. The molecule has 0 amide bonds. The minimum Gasteiger partial charge on any atom is -0.466 e. The van der Waals surface area contributed by atoms with Crippen LogP contribution in [0.15, 0.2) is 84.9 Å². The van der Waals surface area contributed by atoms with Crippen molar-refractivity contribution in [1.82, 2.24) is 0 Å². The minimum absolute atomic E-state index is 0.231. The summed E-state index contributed by atoms with van der Waals surface area (Å²) < 4.78 is 4.84. The molecule has 0 saturated heterocycles. The van der Waals surface area contributed by atoms with Gasteiger partial charge in [-0.05, 0) is 21.9 Å². The van der Waals surface area contributed by atoms with Crippen LogP contribution >= 0.6 is 0 Å². The van der Waals surface area contributed by atoms with Gasteiger partial charge in [0.1, 0.15) is 0 Å². The Kier molecular flexibility index (Phi) is 4.96. The van der Waals surface area contributed by atoms with Gasteiger partial charge in [0.15, 0.2) is 0 Å². The van der Waals surface area contributed by atoms with Crippen LogP contribution in [0, 0.1) is 0 Å². The molecule has 3 rings (SSSR count). The second-order valence-corrected chi connectivity index (χ2v) is 5.96. The molecular weight excluding hydrogens is 312 g/mol. The van der Waals surface area contributed by atoms with Crippen molar-refractivity contribution in [2.24, 2.45) is 0 Å². The van der Waals surface area contributed by atoms with Crippen molar-refractivity contribution in [3.8, 4) is 0 Å². The van der Waals surface area contributed by atoms with Gasteiger partial charge in [-0.15, -0.1) is 0 Å². The van der Waals surface area contributed by atoms with E-state index in [1.54, 1.807) is 0 Å². The third-order valence-electron chi connectivity index (χ3n) is 4.41. The van der Waals surface area contributed by atoms with Gasteiger partial charge in [-0.2, -0.15) is 0 Å². The SMILES string of the molecule is C=C(C(=O)OC)C(c1ccc2ccccc2c1)C(O)c1ccccc1. The zero-order chi connectivity index (χ0) is 17.8. The largest absolute Gasteiger partial charge is 0.466 e. The molecule has 0 heterocycles. The molecule has 0 spiro atoms. The van der Waals surface area contributed by atoms with Crippen molar-refractivity contribution in [2.75, 3.05) is 7.11 Å². The fraction of sp³-hybridized carbons (Fsp3) is 0.136. The number of methoxy groups -OCH3 is 1. The lowest BCUT2D eigenvalue weighted by molar-refractivity contribution is -0.136. The number of carbonyl (C=O) groups is 1. The summed E-state index contributed by atoms with van der Waals surface area (Å²) in [7, 11) is 1.32. The molecule has 3 heteroatoms. The van der Waals surface area contributed by atoms with Crippen LogP contribution in [-0.2, 0) is 9.53 Å². The van der Waals surface area contributed by atoms with Crippen molar-refractivity contribution in [1.29, 1.82) is 0 Å². The molecule has 0 saturated carbocycles. The Bertz CT molecular complexity index is 899. The molecule has 0 bridgehead atoms. The second kappa shape index (κ2) is 7.32. The van der Waals surface area contributed by atoms with Crippen molar-refractivity contribution < 1.29 is 14.6 Å². The number of aliphatic hydroxyl groups excluding tert-OH is 1. The minimum atomic E-state index is -0.894. The molecule has 3 aromatic rings. The summed E-state index contributed by atoms with van der Waals surface area (Å²) in [5, 5.41) is 13.1. The molecule has 0 aliphatic carbocycles. The van der Waals surface area contributed by atoms with Crippen molar-refractivity contribution in [2.45, 2.75) is 12.0 Å². The van der Waals surface area contributed by atoms with Crippen LogP contribution in [0.4, 0.5) is 0 Å². The standard InChI is InChI=1S/C22H20O3/c1-15(22(24)25-2)20(21(23)17-9-4-3-5-10-17)19-13-12-16-8-6-7-11-18(16)14-19/h3-14,20-21,23H,1H2,2H3. The van der Waals surface area contributed by atoms with Gasteiger partial charge in [-0.25, -0.2) is 4.79 Å². The highest BCUT2D eigenvalue weighted by atomic mass is 16.5. The molecule has 0 aliphatic heterocycles. The lowest BCUT2D eigenvalue weighted by Crippen LogP contribution is -2.19. The van der Waals surface area contributed by atoms with E-state index in [1.165, 1.54) is 7.11 Å². The second-order valence-electron chi connectivity index (χ2n) is 5.96. The van der Waals surface area contributed by atoms with E-state index in [1.807, 2.05) is 72.8 Å². The van der Waals surface area contributed by atoms with Gasteiger partial charge < -0.3 is 9.84 Å². The monoisotopic (exact) mass is 332 g/mol. The van der Waals surface area contributed by atoms with E-state index in [9.17, 15) is 9.90 Å². The number of hydrogen-bond acceptors (Lipinski definition) is 3. The highest BCUT2D eigenvalue weighted by molar-refractivity contribution is 5.90. The van der Waals surface area contributed by atoms with Gasteiger partial charge in [0.05, 0.1) is 13.2 Å². The molecule has 1 N–H and O–H groups in total. The van der Waals surface area contributed by atoms with Crippen molar-refractivity contribution >= 4 is 16.7 Å². The molecule has 25 heavy (non-hydrogen) atoms. The first-order valence-corrected chi connectivity index (χ1v) is 8.10. The van der Waals surface area contributed by atoms with Crippen LogP contribution in [0.2, 0.25) is 0 Å². The molecule has 0 aliphatic rings. The lowest BCUT2D eigenvalue weighted by atomic mass is 9.83. The molecule has 2 unspecified atom stereocenters. The number of benzene rings is 3. The first-order valence-electron chi connectivity index (χ1n) is 8.10. The summed E-state index contributed by atoms with van der Waals surface area (Å²) >= 11 is 0. The third kappa shape index (κ3) is 3.47. The molecule has 3 nitrogen and oxygen atoms in total. The van der Waals surface area contributed by atoms with Crippen LogP contribution in [0.5, 0.6) is 0 Å². The fourth-order valence-corrected chi connectivity index (χ4v) is 3.08. The lowest BCUT2D eigenvalue weighted by Gasteiger charge is -2.25. The maximum Gasteiger partial charge on any atom is 0.333 e. The number of fused-ring (bicyclic) bond motifs is 1. The summed E-state index contributed by atoms with van der Waals surface area (Å²) in [6.45, 7) is 3.89. The van der Waals surface area contributed by atoms with E-state index < -0.39 is 18.0 Å². The smallest absolute Gasteiger partial charge is 0.333 e. The summed E-state index contributed by atoms with van der Waals surface area (Å²) in [6.07, 6.45) is -0.894. The number of esters is 1. The van der Waals surface area contributed by atoms with Gasteiger partial charge in [0.2, 0.25) is 0 Å². The first kappa shape index (κ1) is 16.9. The van der Waals surface area contributed by atoms with Gasteiger partial charge in [0.25, 0.3) is 0 Å². The highest BCUT2D eigenvalue weighted by Gasteiger charge is 2.29. The normalized spacial score (nSPS) is 13.2. The van der Waals surface area contributed by atoms with Gasteiger partial charge in [0, 0.05) is 11.5 Å². The first-order chi connectivity index (χ1) is 12.1. The van der Waals surface area contributed by atoms with Crippen LogP contribution in [0.1, 0.15) is 23.1 Å². The van der Waals surface area contributed by atoms with Crippen LogP contribution in [-0.4, -0.2) is 18.2 Å². The Hall–Kier alpha value is -2.91. The van der Waals surface area contributed by atoms with E-state index in [-0.39, 0.29) is 5.57 Å². The molecule has 0 fully saturated rings. The number of hydrogen-bond donors (Lipinski definition) is 1. The predicted molar refractivity (Wildman–Crippen MR) is 99.2 cm³/mol. The maximum absolute atomic E-state index is 12.1. The average molecular weight is 332 g/mol. The van der Waals surface area contributed by atoms with E-state index in [2.05, 4.69) is 6.58 Å². The third-order valence-corrected chi connectivity index (χ3v) is 4.41. The highest BCUT2D eigenvalue weighted by Crippen LogP contribution is 2.37. The van der Waals surface area contributed by atoms with Crippen molar-refractivity contribution in [3.63, 3.8) is 0 Å². The van der Waals surface area contributed by atoms with E-state index >= 15 is 0 Å². The van der Waals surface area contributed by atoms with Crippen LogP contribution in [0.3, 0.4) is 0 Å². The Morgan fingerprint density at radius 3 is 2.24 bits per heavy atom. The van der Waals surface area contributed by atoms with E-state index in [0.29, 0.717) is 0 Å². The Morgan fingerprint density at radius 2 is 1.56 bits per heavy atom. The van der Waals surface area contributed by atoms with Crippen LogP contribution in [0.25, 0.3) is 10.8 Å². The Balaban J connectivity index is 2.09. The zero-order valence-corrected chi connectivity index (χ0v) is 14.1. The number of aliphatic hydroxyl groups is 1. The molecule has 3 aromatic carbocycles. The molecular formula is C22H20O3. The van der Waals surface area contributed by atoms with Gasteiger partial charge in [-0.1, -0.05) is 79.4 Å². The molecule has 126 valence electrons. The fourth-order valence-electron chi connectivity index (χ4n) is 3.08.